The average Bonchev–Trinajstić information content (AvgIpc) is 3.29. The smallest absolute Gasteiger partial charge is 0.251 e. The van der Waals surface area contributed by atoms with Crippen LogP contribution in [0, 0.1) is 0 Å². The summed E-state index contributed by atoms with van der Waals surface area (Å²) in [5.41, 5.74) is 3.56. The lowest BCUT2D eigenvalue weighted by atomic mass is 10.0. The van der Waals surface area contributed by atoms with Gasteiger partial charge in [-0.05, 0) is 55.1 Å². The molecule has 170 valence electrons. The first-order chi connectivity index (χ1) is 16.2. The normalized spacial score (nSPS) is 12.1. The summed E-state index contributed by atoms with van der Waals surface area (Å²) < 4.78 is 7.82. The summed E-state index contributed by atoms with van der Waals surface area (Å²) in [6.45, 7) is 7.06. The minimum atomic E-state index is -0.0880. The highest BCUT2D eigenvalue weighted by Gasteiger charge is 2.19. The largest absolute Gasteiger partial charge is 0.487 e. The van der Waals surface area contributed by atoms with Crippen molar-refractivity contribution in [3.63, 3.8) is 0 Å². The Balaban J connectivity index is 1.35. The molecule has 0 bridgehead atoms. The maximum absolute atomic E-state index is 12.8. The molecule has 2 aromatic carbocycles. The van der Waals surface area contributed by atoms with Gasteiger partial charge >= 0.3 is 0 Å². The standard InChI is InChI=1S/C27H30N4O2/c1-3-30(4-2)25(21-10-6-5-7-11-21)18-28-27(32)22-13-15-24(16-14-22)33-20-23-19-31-17-9-8-12-26(31)29-23/h5-17,19,25H,3-4,18,20H2,1-2H3,(H,28,32). The zero-order valence-electron chi connectivity index (χ0n) is 19.1. The number of hydrogen-bond donors (Lipinski definition) is 1. The Morgan fingerprint density at radius 1 is 1.00 bits per heavy atom. The van der Waals surface area contributed by atoms with Gasteiger partial charge in [-0.15, -0.1) is 0 Å². The lowest BCUT2D eigenvalue weighted by molar-refractivity contribution is 0.0935. The molecule has 6 nitrogen and oxygen atoms in total. The third kappa shape index (κ3) is 5.59. The zero-order valence-corrected chi connectivity index (χ0v) is 19.1. The summed E-state index contributed by atoms with van der Waals surface area (Å²) in [6, 6.07) is 23.6. The van der Waals surface area contributed by atoms with Crippen LogP contribution in [0.2, 0.25) is 0 Å². The Hall–Kier alpha value is -3.64. The van der Waals surface area contributed by atoms with Crippen molar-refractivity contribution in [2.75, 3.05) is 19.6 Å². The van der Waals surface area contributed by atoms with Crippen LogP contribution < -0.4 is 10.1 Å². The molecular weight excluding hydrogens is 412 g/mol. The number of likely N-dealkylation sites (N-methyl/N-ethyl adjacent to an activating group) is 1. The van der Waals surface area contributed by atoms with Crippen molar-refractivity contribution in [3.05, 3.63) is 102 Å². The maximum atomic E-state index is 12.8. The molecule has 1 unspecified atom stereocenters. The van der Waals surface area contributed by atoms with Crippen LogP contribution in [0.3, 0.4) is 0 Å². The summed E-state index contributed by atoms with van der Waals surface area (Å²) in [5, 5.41) is 3.10. The van der Waals surface area contributed by atoms with Gasteiger partial charge in [-0.2, -0.15) is 0 Å². The number of ether oxygens (including phenoxy) is 1. The molecule has 4 aromatic rings. The molecule has 0 aliphatic rings. The van der Waals surface area contributed by atoms with Gasteiger partial charge < -0.3 is 14.5 Å². The molecule has 0 radical (unpaired) electrons. The Bertz CT molecular complexity index is 1130. The van der Waals surface area contributed by atoms with E-state index in [0.717, 1.165) is 24.4 Å². The molecule has 2 aromatic heterocycles. The number of fused-ring (bicyclic) bond motifs is 1. The fourth-order valence-electron chi connectivity index (χ4n) is 4.01. The van der Waals surface area contributed by atoms with Gasteiger partial charge in [0.1, 0.15) is 18.0 Å². The van der Waals surface area contributed by atoms with Crippen molar-refractivity contribution in [3.8, 4) is 5.75 Å². The van der Waals surface area contributed by atoms with Crippen LogP contribution in [-0.4, -0.2) is 39.8 Å². The Morgan fingerprint density at radius 3 is 2.42 bits per heavy atom. The van der Waals surface area contributed by atoms with E-state index < -0.39 is 0 Å². The van der Waals surface area contributed by atoms with Crippen molar-refractivity contribution < 1.29 is 9.53 Å². The number of nitrogens with one attached hydrogen (secondary N) is 1. The zero-order chi connectivity index (χ0) is 23.0. The van der Waals surface area contributed by atoms with Gasteiger partial charge in [0.2, 0.25) is 0 Å². The Labute approximate surface area is 194 Å². The molecule has 1 amide bonds. The molecule has 2 heterocycles. The lowest BCUT2D eigenvalue weighted by Gasteiger charge is -2.30. The topological polar surface area (TPSA) is 58.9 Å². The van der Waals surface area contributed by atoms with E-state index in [4.69, 9.17) is 4.74 Å². The number of rotatable bonds is 10. The van der Waals surface area contributed by atoms with E-state index in [2.05, 4.69) is 41.2 Å². The van der Waals surface area contributed by atoms with Crippen LogP contribution in [0.15, 0.2) is 85.2 Å². The highest BCUT2D eigenvalue weighted by Crippen LogP contribution is 2.20. The van der Waals surface area contributed by atoms with Crippen molar-refractivity contribution in [1.82, 2.24) is 19.6 Å². The average molecular weight is 443 g/mol. The number of carbonyl (C=O) groups is 1. The van der Waals surface area contributed by atoms with Crippen LogP contribution in [-0.2, 0) is 6.61 Å². The number of carbonyl (C=O) groups excluding carboxylic acids is 1. The van der Waals surface area contributed by atoms with E-state index in [1.54, 1.807) is 12.1 Å². The number of amides is 1. The minimum absolute atomic E-state index is 0.0880. The lowest BCUT2D eigenvalue weighted by Crippen LogP contribution is -2.38. The Kier molecular flexibility index (Phi) is 7.37. The molecule has 6 heteroatoms. The highest BCUT2D eigenvalue weighted by molar-refractivity contribution is 5.94. The molecule has 1 N–H and O–H groups in total. The Morgan fingerprint density at radius 2 is 1.73 bits per heavy atom. The fraction of sp³-hybridized carbons (Fsp3) is 0.259. The number of nitrogens with zero attached hydrogens (tertiary/aromatic N) is 3. The van der Waals surface area contributed by atoms with Gasteiger partial charge in [0.05, 0.1) is 11.7 Å². The van der Waals surface area contributed by atoms with E-state index in [1.165, 1.54) is 5.56 Å². The van der Waals surface area contributed by atoms with Crippen LogP contribution in [0.5, 0.6) is 5.75 Å². The predicted octanol–water partition coefficient (Wildman–Crippen LogP) is 4.73. The predicted molar refractivity (Wildman–Crippen MR) is 130 cm³/mol. The molecule has 0 saturated carbocycles. The first-order valence-corrected chi connectivity index (χ1v) is 11.4. The third-order valence-corrected chi connectivity index (χ3v) is 5.81. The second kappa shape index (κ2) is 10.8. The molecule has 1 atom stereocenters. The second-order valence-electron chi connectivity index (χ2n) is 7.87. The van der Waals surface area contributed by atoms with Gasteiger partial charge in [-0.1, -0.05) is 50.2 Å². The van der Waals surface area contributed by atoms with Crippen molar-refractivity contribution in [2.45, 2.75) is 26.5 Å². The molecule has 0 fully saturated rings. The summed E-state index contributed by atoms with van der Waals surface area (Å²) in [7, 11) is 0. The molecule has 0 spiro atoms. The summed E-state index contributed by atoms with van der Waals surface area (Å²) in [5.74, 6) is 0.615. The molecule has 0 aliphatic heterocycles. The monoisotopic (exact) mass is 442 g/mol. The fourth-order valence-corrected chi connectivity index (χ4v) is 4.01. The first-order valence-electron chi connectivity index (χ1n) is 11.4. The number of pyridine rings is 1. The van der Waals surface area contributed by atoms with Gasteiger partial charge in [0.15, 0.2) is 0 Å². The minimum Gasteiger partial charge on any atom is -0.487 e. The van der Waals surface area contributed by atoms with Crippen molar-refractivity contribution >= 4 is 11.6 Å². The van der Waals surface area contributed by atoms with Crippen molar-refractivity contribution in [1.29, 1.82) is 0 Å². The molecule has 4 rings (SSSR count). The third-order valence-electron chi connectivity index (χ3n) is 5.81. The molecular formula is C27H30N4O2. The number of imidazole rings is 1. The van der Waals surface area contributed by atoms with E-state index in [0.29, 0.717) is 24.5 Å². The highest BCUT2D eigenvalue weighted by atomic mass is 16.5. The van der Waals surface area contributed by atoms with E-state index >= 15 is 0 Å². The number of aromatic nitrogens is 2. The summed E-state index contributed by atoms with van der Waals surface area (Å²) >= 11 is 0. The van der Waals surface area contributed by atoms with Crippen LogP contribution in [0.4, 0.5) is 0 Å². The quantitative estimate of drug-likeness (QED) is 0.386. The number of benzene rings is 2. The molecule has 33 heavy (non-hydrogen) atoms. The number of hydrogen-bond acceptors (Lipinski definition) is 4. The van der Waals surface area contributed by atoms with Crippen LogP contribution in [0.1, 0.15) is 41.5 Å². The van der Waals surface area contributed by atoms with Gasteiger partial charge in [-0.25, -0.2) is 4.98 Å². The molecule has 0 aliphatic carbocycles. The van der Waals surface area contributed by atoms with E-state index in [1.807, 2.05) is 65.3 Å². The van der Waals surface area contributed by atoms with E-state index in [-0.39, 0.29) is 11.9 Å². The maximum Gasteiger partial charge on any atom is 0.251 e. The second-order valence-corrected chi connectivity index (χ2v) is 7.87. The van der Waals surface area contributed by atoms with Gasteiger partial charge in [0, 0.05) is 24.5 Å². The van der Waals surface area contributed by atoms with Crippen LogP contribution in [0.25, 0.3) is 5.65 Å². The SMILES string of the molecule is CCN(CC)C(CNC(=O)c1ccc(OCc2cn3ccccc3n2)cc1)c1ccccc1. The van der Waals surface area contributed by atoms with Crippen molar-refractivity contribution in [2.24, 2.45) is 0 Å². The first kappa shape index (κ1) is 22.6. The van der Waals surface area contributed by atoms with E-state index in [9.17, 15) is 4.79 Å². The molecule has 0 saturated heterocycles. The van der Waals surface area contributed by atoms with Gasteiger partial charge in [-0.3, -0.25) is 9.69 Å². The van der Waals surface area contributed by atoms with Gasteiger partial charge in [0.25, 0.3) is 5.91 Å². The summed E-state index contributed by atoms with van der Waals surface area (Å²) in [6.07, 6.45) is 3.91. The van der Waals surface area contributed by atoms with Crippen LogP contribution >= 0.6 is 0 Å². The summed E-state index contributed by atoms with van der Waals surface area (Å²) in [4.78, 5) is 19.7.